The van der Waals surface area contributed by atoms with Crippen LogP contribution in [0.4, 0.5) is 0 Å². The second-order valence-electron chi connectivity index (χ2n) is 7.73. The smallest absolute Gasteiger partial charge is 0.185 e. The van der Waals surface area contributed by atoms with Crippen molar-refractivity contribution in [3.05, 3.63) is 41.6 Å². The third-order valence-corrected chi connectivity index (χ3v) is 5.79. The Bertz CT molecular complexity index is 985. The molecule has 0 amide bonds. The molecule has 3 aromatic rings. The van der Waals surface area contributed by atoms with E-state index in [0.717, 1.165) is 61.0 Å². The van der Waals surface area contributed by atoms with Crippen molar-refractivity contribution in [2.24, 2.45) is 0 Å². The molecule has 8 nitrogen and oxygen atoms in total. The monoisotopic (exact) mass is 415 g/mol. The molecule has 0 spiro atoms. The Morgan fingerprint density at radius 1 is 1.17 bits per heavy atom. The molecule has 29 heavy (non-hydrogen) atoms. The number of nitrogens with zero attached hydrogens (tertiary/aromatic N) is 5. The number of aromatic nitrogens is 6. The zero-order valence-corrected chi connectivity index (χ0v) is 17.4. The van der Waals surface area contributed by atoms with Gasteiger partial charge in [0.25, 0.3) is 0 Å². The molecule has 3 atom stereocenters. The molecule has 1 saturated heterocycles. The van der Waals surface area contributed by atoms with Gasteiger partial charge in [-0.1, -0.05) is 6.07 Å². The summed E-state index contributed by atoms with van der Waals surface area (Å²) in [6.07, 6.45) is 5.18. The number of hydrogen-bond acceptors (Lipinski definition) is 6. The number of fused-ring (bicyclic) bond motifs is 1. The lowest BCUT2D eigenvalue weighted by molar-refractivity contribution is -0.0280. The number of H-pyrrole nitrogens is 1. The molecule has 1 saturated carbocycles. The maximum atomic E-state index is 5.95. The second kappa shape index (κ2) is 8.22. The lowest BCUT2D eigenvalue weighted by Gasteiger charge is -2.39. The molecule has 0 bridgehead atoms. The number of nitrogens with one attached hydrogen (secondary N) is 2. The van der Waals surface area contributed by atoms with Gasteiger partial charge in [-0.05, 0) is 45.2 Å². The van der Waals surface area contributed by atoms with Crippen molar-refractivity contribution in [2.75, 3.05) is 13.2 Å². The van der Waals surface area contributed by atoms with E-state index >= 15 is 0 Å². The molecule has 0 radical (unpaired) electrons. The van der Waals surface area contributed by atoms with Gasteiger partial charge in [0.05, 0.1) is 24.5 Å². The highest BCUT2D eigenvalue weighted by Gasteiger charge is 2.36. The molecule has 2 fully saturated rings. The minimum atomic E-state index is 0. The first-order valence-corrected chi connectivity index (χ1v) is 9.95. The highest BCUT2D eigenvalue weighted by molar-refractivity contribution is 5.85. The van der Waals surface area contributed by atoms with Crippen molar-refractivity contribution in [3.63, 3.8) is 0 Å². The predicted molar refractivity (Wildman–Crippen MR) is 112 cm³/mol. The molecule has 1 aliphatic heterocycles. The number of morpholine rings is 1. The van der Waals surface area contributed by atoms with Crippen LogP contribution in [0, 0.1) is 13.8 Å². The van der Waals surface area contributed by atoms with Gasteiger partial charge in [0.15, 0.2) is 11.6 Å². The fourth-order valence-electron chi connectivity index (χ4n) is 4.34. The van der Waals surface area contributed by atoms with Gasteiger partial charge in [-0.15, -0.1) is 17.5 Å². The molecule has 5 rings (SSSR count). The Morgan fingerprint density at radius 3 is 2.86 bits per heavy atom. The third-order valence-electron chi connectivity index (χ3n) is 5.79. The Morgan fingerprint density at radius 2 is 2.07 bits per heavy atom. The predicted octanol–water partition coefficient (Wildman–Crippen LogP) is 2.72. The summed E-state index contributed by atoms with van der Waals surface area (Å²) >= 11 is 0. The Balaban J connectivity index is 0.00000205. The zero-order valence-electron chi connectivity index (χ0n) is 16.6. The number of halogens is 1. The van der Waals surface area contributed by atoms with E-state index in [1.54, 1.807) is 6.20 Å². The van der Waals surface area contributed by atoms with Crippen molar-refractivity contribution in [1.82, 2.24) is 35.3 Å². The summed E-state index contributed by atoms with van der Waals surface area (Å²) in [4.78, 5) is 9.66. The number of hydrogen-bond donors (Lipinski definition) is 2. The molecular formula is C20H26ClN7O. The minimum Gasteiger partial charge on any atom is -0.375 e. The van der Waals surface area contributed by atoms with E-state index in [2.05, 4.69) is 15.5 Å². The van der Waals surface area contributed by atoms with Crippen molar-refractivity contribution in [3.8, 4) is 17.2 Å². The molecule has 2 N–H and O–H groups in total. The zero-order chi connectivity index (χ0) is 19.1. The van der Waals surface area contributed by atoms with Crippen molar-refractivity contribution >= 4 is 12.4 Å². The highest BCUT2D eigenvalue weighted by Crippen LogP contribution is 2.36. The van der Waals surface area contributed by atoms with Gasteiger partial charge in [0, 0.05) is 29.9 Å². The van der Waals surface area contributed by atoms with Crippen LogP contribution in [-0.4, -0.2) is 55.2 Å². The van der Waals surface area contributed by atoms with Crippen molar-refractivity contribution in [2.45, 2.75) is 51.2 Å². The Kier molecular flexibility index (Phi) is 5.67. The fraction of sp³-hybridized carbons (Fsp3) is 0.500. The van der Waals surface area contributed by atoms with E-state index in [9.17, 15) is 0 Å². The fourth-order valence-corrected chi connectivity index (χ4v) is 4.34. The summed E-state index contributed by atoms with van der Waals surface area (Å²) in [7, 11) is 0. The topological polar surface area (TPSA) is 93.5 Å². The summed E-state index contributed by atoms with van der Waals surface area (Å²) in [6, 6.07) is 6.38. The standard InChI is InChI=1S/C20H25N7O.ClH/c1-12-4-3-5-18(23-12)27-20(24-19(26-27)15-11-22-25-13(15)2)14-6-7-17-16(10-14)21-8-9-28-17;/h3-5,11,14,16-17,21H,6-10H2,1-2H3,(H,22,25);1H/t14-,16+,17+;/m0./s1. The summed E-state index contributed by atoms with van der Waals surface area (Å²) < 4.78 is 7.87. The third kappa shape index (κ3) is 3.80. The van der Waals surface area contributed by atoms with Crippen LogP contribution in [0.25, 0.3) is 17.2 Å². The van der Waals surface area contributed by atoms with E-state index in [1.165, 1.54) is 0 Å². The van der Waals surface area contributed by atoms with Crippen molar-refractivity contribution < 1.29 is 4.74 Å². The van der Waals surface area contributed by atoms with Gasteiger partial charge in [-0.2, -0.15) is 9.78 Å². The first kappa shape index (κ1) is 20.0. The molecular weight excluding hydrogens is 390 g/mol. The van der Waals surface area contributed by atoms with Crippen LogP contribution >= 0.6 is 12.4 Å². The molecule has 2 aliphatic rings. The molecule has 154 valence electrons. The Hall–Kier alpha value is -2.29. The number of rotatable bonds is 3. The first-order chi connectivity index (χ1) is 13.7. The summed E-state index contributed by atoms with van der Waals surface area (Å²) in [6.45, 7) is 5.70. The molecule has 0 unspecified atom stereocenters. The quantitative estimate of drug-likeness (QED) is 0.683. The number of aryl methyl sites for hydroxylation is 2. The van der Waals surface area contributed by atoms with Crippen LogP contribution in [0.5, 0.6) is 0 Å². The summed E-state index contributed by atoms with van der Waals surface area (Å²) in [5.74, 6) is 2.79. The van der Waals surface area contributed by atoms with Gasteiger partial charge < -0.3 is 10.1 Å². The van der Waals surface area contributed by atoms with Crippen LogP contribution in [0.15, 0.2) is 24.4 Å². The minimum absolute atomic E-state index is 0. The molecule has 9 heteroatoms. The second-order valence-corrected chi connectivity index (χ2v) is 7.73. The number of pyridine rings is 1. The normalized spacial score (nSPS) is 24.0. The van der Waals surface area contributed by atoms with Crippen LogP contribution in [-0.2, 0) is 4.74 Å². The SMILES string of the molecule is Cc1cccc(-n2nc(-c3cn[nH]c3C)nc2[C@H]2CC[C@H]3OCCN[C@@H]3C2)n1.Cl. The number of ether oxygens (including phenoxy) is 1. The van der Waals surface area contributed by atoms with Gasteiger partial charge in [-0.25, -0.2) is 9.97 Å². The average Bonchev–Trinajstić information content (AvgIpc) is 3.34. The van der Waals surface area contributed by atoms with Gasteiger partial charge in [0.2, 0.25) is 0 Å². The van der Waals surface area contributed by atoms with E-state index < -0.39 is 0 Å². The van der Waals surface area contributed by atoms with Crippen LogP contribution in [0.2, 0.25) is 0 Å². The largest absolute Gasteiger partial charge is 0.375 e. The van der Waals surface area contributed by atoms with Crippen molar-refractivity contribution in [1.29, 1.82) is 0 Å². The van der Waals surface area contributed by atoms with Crippen LogP contribution in [0.1, 0.15) is 42.4 Å². The molecule has 0 aromatic carbocycles. The summed E-state index contributed by atoms with van der Waals surface area (Å²) in [5, 5.41) is 15.6. The van der Waals surface area contributed by atoms with Crippen LogP contribution in [0.3, 0.4) is 0 Å². The summed E-state index contributed by atoms with van der Waals surface area (Å²) in [5.41, 5.74) is 2.86. The van der Waals surface area contributed by atoms with Gasteiger partial charge in [-0.3, -0.25) is 5.10 Å². The molecule has 1 aliphatic carbocycles. The maximum absolute atomic E-state index is 5.95. The van der Waals surface area contributed by atoms with Gasteiger partial charge >= 0.3 is 0 Å². The van der Waals surface area contributed by atoms with Gasteiger partial charge in [0.1, 0.15) is 5.82 Å². The van der Waals surface area contributed by atoms with E-state index in [0.29, 0.717) is 23.9 Å². The molecule has 3 aromatic heterocycles. The lowest BCUT2D eigenvalue weighted by atomic mass is 9.82. The van der Waals surface area contributed by atoms with E-state index in [1.807, 2.05) is 36.7 Å². The lowest BCUT2D eigenvalue weighted by Crippen LogP contribution is -2.51. The number of aromatic amines is 1. The van der Waals surface area contributed by atoms with E-state index in [-0.39, 0.29) is 12.4 Å². The maximum Gasteiger partial charge on any atom is 0.185 e. The average molecular weight is 416 g/mol. The highest BCUT2D eigenvalue weighted by atomic mass is 35.5. The van der Waals surface area contributed by atoms with E-state index in [4.69, 9.17) is 19.8 Å². The van der Waals surface area contributed by atoms with Crippen LogP contribution < -0.4 is 5.32 Å². The first-order valence-electron chi connectivity index (χ1n) is 9.95. The Labute approximate surface area is 175 Å². The molecule has 4 heterocycles.